The van der Waals surface area contributed by atoms with E-state index in [2.05, 4.69) is 36.5 Å². The average Bonchev–Trinajstić information content (AvgIpc) is 2.44. The van der Waals surface area contributed by atoms with Crippen LogP contribution in [0.15, 0.2) is 24.3 Å². The van der Waals surface area contributed by atoms with Crippen molar-refractivity contribution < 1.29 is 9.47 Å². The smallest absolute Gasteiger partial charge is 0.0642 e. The first-order valence-electron chi connectivity index (χ1n) is 7.23. The molecule has 1 N–H and O–H groups in total. The summed E-state index contributed by atoms with van der Waals surface area (Å²) >= 11 is 0. The number of benzene rings is 1. The molecule has 0 saturated heterocycles. The Balaban J connectivity index is 1.64. The second kappa shape index (κ2) is 7.51. The molecule has 0 aliphatic heterocycles. The number of nitrogens with one attached hydrogen (secondary N) is 1. The van der Waals surface area contributed by atoms with Gasteiger partial charge in [-0.2, -0.15) is 0 Å². The lowest BCUT2D eigenvalue weighted by molar-refractivity contribution is -0.0261. The highest BCUT2D eigenvalue weighted by Gasteiger charge is 2.21. The number of methoxy groups -OCH3 is 1. The van der Waals surface area contributed by atoms with Crippen molar-refractivity contribution in [2.75, 3.05) is 25.6 Å². The lowest BCUT2D eigenvalue weighted by Gasteiger charge is -2.28. The molecule has 0 bridgehead atoms. The largest absolute Gasteiger partial charge is 0.383 e. The van der Waals surface area contributed by atoms with Gasteiger partial charge in [0.25, 0.3) is 0 Å². The molecule has 2 atom stereocenters. The molecule has 3 nitrogen and oxygen atoms in total. The third kappa shape index (κ3) is 4.84. The van der Waals surface area contributed by atoms with Gasteiger partial charge in [-0.3, -0.25) is 0 Å². The van der Waals surface area contributed by atoms with E-state index in [4.69, 9.17) is 9.47 Å². The van der Waals surface area contributed by atoms with Crippen LogP contribution in [0.4, 0.5) is 5.69 Å². The molecule has 0 aromatic heterocycles. The van der Waals surface area contributed by atoms with Gasteiger partial charge in [0.2, 0.25) is 0 Å². The maximum atomic E-state index is 5.92. The van der Waals surface area contributed by atoms with Crippen LogP contribution in [0.5, 0.6) is 0 Å². The average molecular weight is 263 g/mol. The van der Waals surface area contributed by atoms with Crippen LogP contribution >= 0.6 is 0 Å². The van der Waals surface area contributed by atoms with Gasteiger partial charge in [0.15, 0.2) is 0 Å². The van der Waals surface area contributed by atoms with Crippen molar-refractivity contribution in [3.05, 3.63) is 29.8 Å². The van der Waals surface area contributed by atoms with Crippen LogP contribution in [-0.2, 0) is 9.47 Å². The van der Waals surface area contributed by atoms with Crippen LogP contribution in [0.2, 0.25) is 0 Å². The minimum atomic E-state index is 0.373. The number of ether oxygens (including phenoxy) is 2. The van der Waals surface area contributed by atoms with Crippen molar-refractivity contribution in [1.29, 1.82) is 0 Å². The highest BCUT2D eigenvalue weighted by Crippen LogP contribution is 2.22. The maximum Gasteiger partial charge on any atom is 0.0642 e. The molecule has 1 fully saturated rings. The molecule has 1 aliphatic carbocycles. The Morgan fingerprint density at radius 3 is 2.89 bits per heavy atom. The SMILES string of the molecule is COC1CCCC(OCCNc2cccc(C)c2)C1. The highest BCUT2D eigenvalue weighted by atomic mass is 16.5. The van der Waals surface area contributed by atoms with Crippen LogP contribution in [0.1, 0.15) is 31.2 Å². The second-order valence-electron chi connectivity index (χ2n) is 5.31. The van der Waals surface area contributed by atoms with Gasteiger partial charge in [-0.25, -0.2) is 0 Å². The van der Waals surface area contributed by atoms with E-state index in [1.807, 2.05) is 0 Å². The molecule has 19 heavy (non-hydrogen) atoms. The van der Waals surface area contributed by atoms with Gasteiger partial charge in [-0.1, -0.05) is 12.1 Å². The van der Waals surface area contributed by atoms with Crippen molar-refractivity contribution in [2.45, 2.75) is 44.8 Å². The van der Waals surface area contributed by atoms with E-state index in [1.54, 1.807) is 7.11 Å². The Morgan fingerprint density at radius 1 is 1.26 bits per heavy atom. The molecule has 1 saturated carbocycles. The van der Waals surface area contributed by atoms with Gasteiger partial charge >= 0.3 is 0 Å². The van der Waals surface area contributed by atoms with E-state index >= 15 is 0 Å². The van der Waals surface area contributed by atoms with Crippen molar-refractivity contribution in [3.63, 3.8) is 0 Å². The van der Waals surface area contributed by atoms with E-state index < -0.39 is 0 Å². The quantitative estimate of drug-likeness (QED) is 0.798. The summed E-state index contributed by atoms with van der Waals surface area (Å²) in [6, 6.07) is 8.42. The number of rotatable bonds is 6. The fourth-order valence-electron chi connectivity index (χ4n) is 2.64. The molecule has 1 aromatic rings. The molecule has 0 radical (unpaired) electrons. The molecule has 106 valence electrons. The first kappa shape index (κ1) is 14.4. The minimum Gasteiger partial charge on any atom is -0.383 e. The molecule has 2 rings (SSSR count). The minimum absolute atomic E-state index is 0.373. The second-order valence-corrected chi connectivity index (χ2v) is 5.31. The predicted molar refractivity (Wildman–Crippen MR) is 78.7 cm³/mol. The van der Waals surface area contributed by atoms with Crippen LogP contribution in [0, 0.1) is 6.92 Å². The highest BCUT2D eigenvalue weighted by molar-refractivity contribution is 5.45. The van der Waals surface area contributed by atoms with E-state index in [-0.39, 0.29) is 0 Å². The monoisotopic (exact) mass is 263 g/mol. The molecule has 2 unspecified atom stereocenters. The summed E-state index contributed by atoms with van der Waals surface area (Å²) in [5, 5.41) is 3.39. The molecule has 0 spiro atoms. The molecule has 1 aliphatic rings. The third-order valence-corrected chi connectivity index (χ3v) is 3.71. The van der Waals surface area contributed by atoms with E-state index in [1.165, 1.54) is 30.5 Å². The van der Waals surface area contributed by atoms with Crippen molar-refractivity contribution >= 4 is 5.69 Å². The molecular formula is C16H25NO2. The Morgan fingerprint density at radius 2 is 2.11 bits per heavy atom. The maximum absolute atomic E-state index is 5.92. The zero-order valence-electron chi connectivity index (χ0n) is 12.0. The summed E-state index contributed by atoms with van der Waals surface area (Å²) in [4.78, 5) is 0. The predicted octanol–water partition coefficient (Wildman–Crippen LogP) is 3.38. The first-order valence-corrected chi connectivity index (χ1v) is 7.23. The van der Waals surface area contributed by atoms with Crippen LogP contribution in [0.3, 0.4) is 0 Å². The van der Waals surface area contributed by atoms with Gasteiger partial charge in [-0.05, 0) is 50.3 Å². The van der Waals surface area contributed by atoms with Crippen molar-refractivity contribution in [1.82, 2.24) is 0 Å². The molecule has 1 aromatic carbocycles. The Labute approximate surface area is 116 Å². The molecule has 0 heterocycles. The van der Waals surface area contributed by atoms with Crippen LogP contribution in [-0.4, -0.2) is 32.5 Å². The van der Waals surface area contributed by atoms with E-state index in [0.29, 0.717) is 12.2 Å². The fourth-order valence-corrected chi connectivity index (χ4v) is 2.64. The molecular weight excluding hydrogens is 238 g/mol. The summed E-state index contributed by atoms with van der Waals surface area (Å²) < 4.78 is 11.3. The van der Waals surface area contributed by atoms with E-state index in [0.717, 1.165) is 19.6 Å². The summed E-state index contributed by atoms with van der Waals surface area (Å²) in [6.45, 7) is 3.72. The molecule has 3 heteroatoms. The van der Waals surface area contributed by atoms with Gasteiger partial charge in [0, 0.05) is 19.3 Å². The topological polar surface area (TPSA) is 30.5 Å². The standard InChI is InChI=1S/C16H25NO2/c1-13-5-3-6-14(11-13)17-9-10-19-16-8-4-7-15(12-16)18-2/h3,5-6,11,15-17H,4,7-10,12H2,1-2H3. The lowest BCUT2D eigenvalue weighted by atomic mass is 9.95. The number of hydrogen-bond donors (Lipinski definition) is 1. The van der Waals surface area contributed by atoms with Crippen molar-refractivity contribution in [3.8, 4) is 0 Å². The van der Waals surface area contributed by atoms with E-state index in [9.17, 15) is 0 Å². The summed E-state index contributed by atoms with van der Waals surface area (Å²) in [5.41, 5.74) is 2.45. The summed E-state index contributed by atoms with van der Waals surface area (Å²) in [6.07, 6.45) is 5.37. The Bertz CT molecular complexity index is 381. The third-order valence-electron chi connectivity index (χ3n) is 3.71. The molecule has 0 amide bonds. The van der Waals surface area contributed by atoms with Gasteiger partial charge in [0.05, 0.1) is 18.8 Å². The number of anilines is 1. The number of hydrogen-bond acceptors (Lipinski definition) is 3. The summed E-state index contributed by atoms with van der Waals surface area (Å²) in [5.74, 6) is 0. The normalized spacial score (nSPS) is 23.3. The Kier molecular flexibility index (Phi) is 5.67. The fraction of sp³-hybridized carbons (Fsp3) is 0.625. The zero-order chi connectivity index (χ0) is 13.5. The summed E-state index contributed by atoms with van der Waals surface area (Å²) in [7, 11) is 1.80. The number of aryl methyl sites for hydroxylation is 1. The first-order chi connectivity index (χ1) is 9.28. The van der Waals surface area contributed by atoms with Crippen LogP contribution in [0.25, 0.3) is 0 Å². The Hall–Kier alpha value is -1.06. The zero-order valence-corrected chi connectivity index (χ0v) is 12.0. The van der Waals surface area contributed by atoms with Crippen LogP contribution < -0.4 is 5.32 Å². The van der Waals surface area contributed by atoms with Gasteiger partial charge in [0.1, 0.15) is 0 Å². The lowest BCUT2D eigenvalue weighted by Crippen LogP contribution is -2.28. The van der Waals surface area contributed by atoms with Gasteiger partial charge in [-0.15, -0.1) is 0 Å². The van der Waals surface area contributed by atoms with Gasteiger partial charge < -0.3 is 14.8 Å². The van der Waals surface area contributed by atoms with Crippen molar-refractivity contribution in [2.24, 2.45) is 0 Å².